The lowest BCUT2D eigenvalue weighted by atomic mass is 9.99. The molecule has 35 heavy (non-hydrogen) atoms. The third-order valence-electron chi connectivity index (χ3n) is 5.90. The van der Waals surface area contributed by atoms with Crippen molar-refractivity contribution in [3.63, 3.8) is 0 Å². The zero-order valence-corrected chi connectivity index (χ0v) is 21.4. The molecule has 0 fully saturated rings. The number of rotatable bonds is 13. The number of fused-ring (bicyclic) bond motifs is 1. The predicted molar refractivity (Wildman–Crippen MR) is 141 cm³/mol. The molecule has 12 heteroatoms. The van der Waals surface area contributed by atoms with Gasteiger partial charge in [0.2, 0.25) is 17.7 Å². The fraction of sp³-hybridized carbons (Fsp3) is 0.478. The number of H-pyrrole nitrogens is 1. The molecule has 0 aliphatic rings. The average molecular weight is 524 g/mol. The summed E-state index contributed by atoms with van der Waals surface area (Å²) in [4.78, 5) is 53.1. The topological polar surface area (TPSA) is 166 Å². The Bertz CT molecular complexity index is 1050. The highest BCUT2D eigenvalue weighted by Crippen LogP contribution is 2.19. The summed E-state index contributed by atoms with van der Waals surface area (Å²) in [5.74, 6) is -3.31. The van der Waals surface area contributed by atoms with Gasteiger partial charge in [0, 0.05) is 35.0 Å². The minimum atomic E-state index is -1.25. The summed E-state index contributed by atoms with van der Waals surface area (Å²) in [6, 6.07) is 3.27. The van der Waals surface area contributed by atoms with Gasteiger partial charge in [-0.3, -0.25) is 14.4 Å². The molecule has 0 spiro atoms. The molecular weight excluding hydrogens is 490 g/mol. The summed E-state index contributed by atoms with van der Waals surface area (Å²) in [6.45, 7) is 3.74. The number of aromatic amines is 1. The minimum Gasteiger partial charge on any atom is -0.480 e. The van der Waals surface area contributed by atoms with Gasteiger partial charge < -0.3 is 31.8 Å². The van der Waals surface area contributed by atoms with Crippen LogP contribution in [-0.4, -0.2) is 69.5 Å². The fourth-order valence-corrected chi connectivity index (χ4v) is 3.94. The van der Waals surface area contributed by atoms with Crippen LogP contribution in [0, 0.1) is 5.92 Å². The van der Waals surface area contributed by atoms with E-state index in [4.69, 9.17) is 5.73 Å². The smallest absolute Gasteiger partial charge is 0.327 e. The molecule has 0 bridgehead atoms. The van der Waals surface area contributed by atoms with Crippen LogP contribution in [0.3, 0.4) is 0 Å². The van der Waals surface area contributed by atoms with Crippen molar-refractivity contribution in [2.75, 3.05) is 11.5 Å². The van der Waals surface area contributed by atoms with Crippen molar-refractivity contribution in [3.05, 3.63) is 36.0 Å². The average Bonchev–Trinajstić information content (AvgIpc) is 3.26. The first-order chi connectivity index (χ1) is 16.6. The lowest BCUT2D eigenvalue weighted by Gasteiger charge is -2.25. The molecule has 1 aromatic carbocycles. The van der Waals surface area contributed by atoms with Crippen LogP contribution in [0.1, 0.15) is 25.8 Å². The van der Waals surface area contributed by atoms with E-state index in [1.54, 1.807) is 6.20 Å². The summed E-state index contributed by atoms with van der Waals surface area (Å²) in [6.07, 6.45) is 2.50. The monoisotopic (exact) mass is 523 g/mol. The zero-order chi connectivity index (χ0) is 26.1. The number of carbonyl (C=O) groups excluding carboxylic acids is 3. The fourth-order valence-electron chi connectivity index (χ4n) is 3.43. The normalized spacial score (nSPS) is 15.5. The van der Waals surface area contributed by atoms with Crippen LogP contribution in [0.15, 0.2) is 30.5 Å². The van der Waals surface area contributed by atoms with Gasteiger partial charge in [-0.1, -0.05) is 38.5 Å². The van der Waals surface area contributed by atoms with E-state index in [0.29, 0.717) is 6.42 Å². The third-order valence-corrected chi connectivity index (χ3v) is 6.63. The maximum absolute atomic E-state index is 13.0. The number of nitrogens with one attached hydrogen (secondary N) is 4. The van der Waals surface area contributed by atoms with E-state index in [1.807, 2.05) is 38.1 Å². The van der Waals surface area contributed by atoms with Gasteiger partial charge in [0.05, 0.1) is 6.04 Å². The summed E-state index contributed by atoms with van der Waals surface area (Å²) < 4.78 is 0. The molecule has 10 nitrogen and oxygen atoms in total. The van der Waals surface area contributed by atoms with Crippen molar-refractivity contribution >= 4 is 59.9 Å². The summed E-state index contributed by atoms with van der Waals surface area (Å²) in [7, 11) is 0. The van der Waals surface area contributed by atoms with Gasteiger partial charge >= 0.3 is 5.97 Å². The number of hydrogen-bond donors (Lipinski definition) is 8. The molecule has 2 aromatic rings. The van der Waals surface area contributed by atoms with E-state index >= 15 is 0 Å². The van der Waals surface area contributed by atoms with E-state index in [9.17, 15) is 24.3 Å². The number of nitrogens with two attached hydrogens (primary N) is 1. The Hall–Kier alpha value is -2.70. The quantitative estimate of drug-likeness (QED) is 0.178. The Labute approximate surface area is 215 Å². The lowest BCUT2D eigenvalue weighted by Crippen LogP contribution is -2.58. The van der Waals surface area contributed by atoms with Crippen LogP contribution in [0.4, 0.5) is 0 Å². The molecule has 2 rings (SSSR count). The molecule has 0 aliphatic carbocycles. The zero-order valence-electron chi connectivity index (χ0n) is 19.7. The number of hydrogen-bond acceptors (Lipinski definition) is 7. The summed E-state index contributed by atoms with van der Waals surface area (Å²) >= 11 is 8.15. The second kappa shape index (κ2) is 13.4. The molecule has 3 amide bonds. The van der Waals surface area contributed by atoms with E-state index < -0.39 is 47.9 Å². The number of benzene rings is 1. The molecule has 192 valence electrons. The number of carbonyl (C=O) groups is 4. The first-order valence-corrected chi connectivity index (χ1v) is 12.6. The van der Waals surface area contributed by atoms with E-state index in [1.165, 1.54) is 0 Å². The molecule has 1 heterocycles. The second-order valence-corrected chi connectivity index (χ2v) is 9.09. The molecule has 5 atom stereocenters. The van der Waals surface area contributed by atoms with Crippen LogP contribution in [0.25, 0.3) is 10.9 Å². The molecule has 7 N–H and O–H groups in total. The molecule has 0 aliphatic heterocycles. The van der Waals surface area contributed by atoms with Gasteiger partial charge in [-0.2, -0.15) is 25.3 Å². The molecule has 5 unspecified atom stereocenters. The summed E-state index contributed by atoms with van der Waals surface area (Å²) in [5.41, 5.74) is 7.57. The SMILES string of the molecule is CCC(C)C(N)C(=O)NC(CS)C(=O)NC(Cc1c[nH]c2ccccc12)C(=O)NC(CS)C(=O)O. The van der Waals surface area contributed by atoms with Crippen LogP contribution >= 0.6 is 25.3 Å². The Morgan fingerprint density at radius 3 is 2.14 bits per heavy atom. The van der Waals surface area contributed by atoms with Gasteiger partial charge in [0.25, 0.3) is 0 Å². The number of aliphatic carboxylic acids is 1. The van der Waals surface area contributed by atoms with Gasteiger partial charge in [0.1, 0.15) is 18.1 Å². The van der Waals surface area contributed by atoms with Crippen LogP contribution < -0.4 is 21.7 Å². The maximum atomic E-state index is 13.0. The number of para-hydroxylation sites is 1. The lowest BCUT2D eigenvalue weighted by molar-refractivity contribution is -0.141. The van der Waals surface area contributed by atoms with Crippen molar-refractivity contribution < 1.29 is 24.3 Å². The molecule has 0 saturated heterocycles. The molecule has 1 aromatic heterocycles. The largest absolute Gasteiger partial charge is 0.480 e. The van der Waals surface area contributed by atoms with Crippen molar-refractivity contribution in [2.24, 2.45) is 11.7 Å². The first kappa shape index (κ1) is 28.5. The standard InChI is InChI=1S/C23H33N5O5S2/c1-3-12(2)19(24)22(31)27-17(10-34)21(30)26-16(20(29)28-18(11-35)23(32)33)8-13-9-25-15-7-5-4-6-14(13)15/h4-7,9,12,16-19,25,34-35H,3,8,10-11,24H2,1-2H3,(H,26,30)(H,27,31)(H,28,29)(H,32,33). The van der Waals surface area contributed by atoms with Crippen LogP contribution in [-0.2, 0) is 25.6 Å². The van der Waals surface area contributed by atoms with Gasteiger partial charge in [-0.15, -0.1) is 0 Å². The van der Waals surface area contributed by atoms with Crippen molar-refractivity contribution in [2.45, 2.75) is 50.9 Å². The Kier molecular flexibility index (Phi) is 10.9. The predicted octanol–water partition coefficient (Wildman–Crippen LogP) is 0.482. The van der Waals surface area contributed by atoms with Gasteiger partial charge in [-0.25, -0.2) is 4.79 Å². The number of carboxylic acid groups (broad SMARTS) is 1. The highest BCUT2D eigenvalue weighted by Gasteiger charge is 2.30. The Morgan fingerprint density at radius 2 is 1.54 bits per heavy atom. The van der Waals surface area contributed by atoms with Crippen molar-refractivity contribution in [3.8, 4) is 0 Å². The highest BCUT2D eigenvalue weighted by atomic mass is 32.1. The van der Waals surface area contributed by atoms with Gasteiger partial charge in [-0.05, 0) is 17.5 Å². The first-order valence-electron chi connectivity index (χ1n) is 11.3. The third kappa shape index (κ3) is 7.64. The van der Waals surface area contributed by atoms with Crippen molar-refractivity contribution in [1.82, 2.24) is 20.9 Å². The minimum absolute atomic E-state index is 0.0272. The maximum Gasteiger partial charge on any atom is 0.327 e. The van der Waals surface area contributed by atoms with Crippen LogP contribution in [0.2, 0.25) is 0 Å². The molecule has 0 saturated carbocycles. The Morgan fingerprint density at radius 1 is 0.971 bits per heavy atom. The number of thiol groups is 2. The summed E-state index contributed by atoms with van der Waals surface area (Å²) in [5, 5.41) is 17.8. The van der Waals surface area contributed by atoms with Crippen LogP contribution in [0.5, 0.6) is 0 Å². The highest BCUT2D eigenvalue weighted by molar-refractivity contribution is 7.80. The van der Waals surface area contributed by atoms with E-state index in [0.717, 1.165) is 16.5 Å². The number of carboxylic acids is 1. The van der Waals surface area contributed by atoms with Gasteiger partial charge in [0.15, 0.2) is 0 Å². The number of amides is 3. The molecular formula is C23H33N5O5S2. The van der Waals surface area contributed by atoms with E-state index in [2.05, 4.69) is 46.2 Å². The Balaban J connectivity index is 2.24. The second-order valence-electron chi connectivity index (χ2n) is 8.36. The van der Waals surface area contributed by atoms with Crippen molar-refractivity contribution in [1.29, 1.82) is 0 Å². The van der Waals surface area contributed by atoms with E-state index in [-0.39, 0.29) is 23.8 Å². The number of aromatic nitrogens is 1. The molecule has 0 radical (unpaired) electrons.